The molecule has 6 nitrogen and oxygen atoms in total. The van der Waals surface area contributed by atoms with E-state index in [4.69, 9.17) is 5.73 Å². The fraction of sp³-hybridized carbons (Fsp3) is 0.545. The van der Waals surface area contributed by atoms with Gasteiger partial charge in [-0.3, -0.25) is 4.79 Å². The highest BCUT2D eigenvalue weighted by Crippen LogP contribution is 2.31. The summed E-state index contributed by atoms with van der Waals surface area (Å²) in [5.74, 6) is -0.790. The average Bonchev–Trinajstić information content (AvgIpc) is 2.87. The van der Waals surface area contributed by atoms with Gasteiger partial charge < -0.3 is 16.0 Å². The van der Waals surface area contributed by atoms with Gasteiger partial charge in [0.1, 0.15) is 5.82 Å². The minimum Gasteiger partial charge on any atom is -0.369 e. The smallest absolute Gasteiger partial charge is 0.369 e. The lowest BCUT2D eigenvalue weighted by molar-refractivity contribution is -0.141. The summed E-state index contributed by atoms with van der Waals surface area (Å²) < 4.78 is 38.3. The molecule has 110 valence electrons. The monoisotopic (exact) mass is 289 g/mol. The minimum atomic E-state index is -4.55. The standard InChI is InChI=1S/C11H14F3N5O/c1-16-10-17-7(11(12,13)14)4-8(18-10)19-3-2-6(5-19)9(15)20/h4,6H,2-3,5H2,1H3,(H2,15,20)(H,16,17,18). The van der Waals surface area contributed by atoms with Crippen molar-refractivity contribution in [3.8, 4) is 0 Å². The number of amides is 1. The van der Waals surface area contributed by atoms with Crippen LogP contribution in [-0.2, 0) is 11.0 Å². The summed E-state index contributed by atoms with van der Waals surface area (Å²) in [5, 5.41) is 2.50. The molecule has 0 radical (unpaired) electrons. The van der Waals surface area contributed by atoms with Crippen LogP contribution >= 0.6 is 0 Å². The normalized spacial score (nSPS) is 19.2. The predicted octanol–water partition coefficient (Wildman–Crippen LogP) is 0.849. The first-order valence-corrected chi connectivity index (χ1v) is 5.99. The van der Waals surface area contributed by atoms with Crippen molar-refractivity contribution in [3.63, 3.8) is 0 Å². The Hall–Kier alpha value is -2.06. The molecule has 9 heteroatoms. The molecule has 1 atom stereocenters. The van der Waals surface area contributed by atoms with E-state index in [0.717, 1.165) is 6.07 Å². The summed E-state index contributed by atoms with van der Waals surface area (Å²) in [6, 6.07) is 0.879. The Morgan fingerprint density at radius 2 is 2.20 bits per heavy atom. The molecule has 1 aromatic rings. The number of halogens is 3. The van der Waals surface area contributed by atoms with Crippen LogP contribution in [-0.4, -0.2) is 36.0 Å². The second-order valence-electron chi connectivity index (χ2n) is 4.52. The maximum atomic E-state index is 12.8. The molecular weight excluding hydrogens is 275 g/mol. The van der Waals surface area contributed by atoms with Crippen LogP contribution in [0.25, 0.3) is 0 Å². The van der Waals surface area contributed by atoms with Crippen molar-refractivity contribution >= 4 is 17.7 Å². The molecule has 1 fully saturated rings. The Morgan fingerprint density at radius 3 is 2.70 bits per heavy atom. The Kier molecular flexibility index (Phi) is 3.69. The predicted molar refractivity (Wildman–Crippen MR) is 66.1 cm³/mol. The van der Waals surface area contributed by atoms with E-state index < -0.39 is 17.8 Å². The number of primary amides is 1. The number of carbonyl (C=O) groups is 1. The molecule has 20 heavy (non-hydrogen) atoms. The Bertz CT molecular complexity index is 519. The van der Waals surface area contributed by atoms with Crippen molar-refractivity contribution in [1.29, 1.82) is 0 Å². The third-order valence-corrected chi connectivity index (χ3v) is 3.14. The number of nitrogens with two attached hydrogens (primary N) is 1. The molecule has 0 saturated carbocycles. The van der Waals surface area contributed by atoms with Crippen LogP contribution in [0.5, 0.6) is 0 Å². The van der Waals surface area contributed by atoms with Crippen molar-refractivity contribution in [2.45, 2.75) is 12.6 Å². The maximum Gasteiger partial charge on any atom is 0.433 e. The highest BCUT2D eigenvalue weighted by molar-refractivity contribution is 5.78. The minimum absolute atomic E-state index is 0.114. The van der Waals surface area contributed by atoms with Crippen molar-refractivity contribution in [2.24, 2.45) is 11.7 Å². The molecule has 0 spiro atoms. The van der Waals surface area contributed by atoms with Gasteiger partial charge in [-0.2, -0.15) is 18.2 Å². The highest BCUT2D eigenvalue weighted by atomic mass is 19.4. The number of alkyl halides is 3. The van der Waals surface area contributed by atoms with Crippen LogP contribution in [0, 0.1) is 5.92 Å². The molecule has 0 aromatic carbocycles. The van der Waals surface area contributed by atoms with Gasteiger partial charge in [-0.15, -0.1) is 0 Å². The van der Waals surface area contributed by atoms with Crippen LogP contribution in [0.1, 0.15) is 12.1 Å². The fourth-order valence-corrected chi connectivity index (χ4v) is 2.05. The van der Waals surface area contributed by atoms with Gasteiger partial charge in [0.05, 0.1) is 5.92 Å². The summed E-state index contributed by atoms with van der Waals surface area (Å²) in [6.45, 7) is 0.706. The van der Waals surface area contributed by atoms with Gasteiger partial charge in [-0.05, 0) is 6.42 Å². The van der Waals surface area contributed by atoms with Gasteiger partial charge in [0.15, 0.2) is 5.69 Å². The molecule has 0 aliphatic carbocycles. The second kappa shape index (κ2) is 5.14. The van der Waals surface area contributed by atoms with Gasteiger partial charge in [0.25, 0.3) is 0 Å². The number of aromatic nitrogens is 2. The molecule has 1 aliphatic rings. The SMILES string of the molecule is CNc1nc(N2CCC(C(N)=O)C2)cc(C(F)(F)F)n1. The van der Waals surface area contributed by atoms with E-state index in [1.807, 2.05) is 0 Å². The topological polar surface area (TPSA) is 84.1 Å². The van der Waals surface area contributed by atoms with Gasteiger partial charge in [-0.25, -0.2) is 4.98 Å². The lowest BCUT2D eigenvalue weighted by atomic mass is 10.1. The average molecular weight is 289 g/mol. The Balaban J connectivity index is 2.30. The molecule has 1 aromatic heterocycles. The summed E-state index contributed by atoms with van der Waals surface area (Å²) in [6.07, 6.45) is -4.04. The van der Waals surface area contributed by atoms with E-state index >= 15 is 0 Å². The number of carbonyl (C=O) groups excluding carboxylic acids is 1. The molecule has 3 N–H and O–H groups in total. The van der Waals surface area contributed by atoms with Crippen LogP contribution in [0.4, 0.5) is 24.9 Å². The molecule has 1 aliphatic heterocycles. The molecular formula is C11H14F3N5O. The molecule has 1 saturated heterocycles. The number of anilines is 2. The molecule has 0 bridgehead atoms. The zero-order chi connectivity index (χ0) is 14.9. The lowest BCUT2D eigenvalue weighted by Gasteiger charge is -2.19. The quantitative estimate of drug-likeness (QED) is 0.861. The number of nitrogens with one attached hydrogen (secondary N) is 1. The van der Waals surface area contributed by atoms with Crippen LogP contribution in [0.15, 0.2) is 6.07 Å². The van der Waals surface area contributed by atoms with Crippen LogP contribution in [0.3, 0.4) is 0 Å². The zero-order valence-corrected chi connectivity index (χ0v) is 10.7. The Morgan fingerprint density at radius 1 is 1.50 bits per heavy atom. The first kappa shape index (κ1) is 14.4. The second-order valence-corrected chi connectivity index (χ2v) is 4.52. The summed E-state index contributed by atoms with van der Waals surface area (Å²) in [4.78, 5) is 20.1. The highest BCUT2D eigenvalue weighted by Gasteiger charge is 2.35. The van der Waals surface area contributed by atoms with Gasteiger partial charge in [0.2, 0.25) is 11.9 Å². The summed E-state index contributed by atoms with van der Waals surface area (Å²) >= 11 is 0. The van der Waals surface area contributed by atoms with Crippen LogP contribution < -0.4 is 16.0 Å². The van der Waals surface area contributed by atoms with E-state index in [1.54, 1.807) is 4.90 Å². The van der Waals surface area contributed by atoms with E-state index in [1.165, 1.54) is 7.05 Å². The Labute approximate surface area is 113 Å². The maximum absolute atomic E-state index is 12.8. The third-order valence-electron chi connectivity index (χ3n) is 3.14. The van der Waals surface area contributed by atoms with Gasteiger partial charge >= 0.3 is 6.18 Å². The van der Waals surface area contributed by atoms with Crippen LogP contribution in [0.2, 0.25) is 0 Å². The third kappa shape index (κ3) is 2.91. The summed E-state index contributed by atoms with van der Waals surface area (Å²) in [7, 11) is 1.44. The van der Waals surface area contributed by atoms with Crippen molar-refractivity contribution in [1.82, 2.24) is 9.97 Å². The number of rotatable bonds is 3. The fourth-order valence-electron chi connectivity index (χ4n) is 2.05. The largest absolute Gasteiger partial charge is 0.433 e. The zero-order valence-electron chi connectivity index (χ0n) is 10.7. The number of hydrogen-bond acceptors (Lipinski definition) is 5. The first-order valence-electron chi connectivity index (χ1n) is 5.99. The van der Waals surface area contributed by atoms with E-state index in [0.29, 0.717) is 13.0 Å². The van der Waals surface area contributed by atoms with Crippen molar-refractivity contribution < 1.29 is 18.0 Å². The molecule has 1 amide bonds. The van der Waals surface area contributed by atoms with Crippen molar-refractivity contribution in [3.05, 3.63) is 11.8 Å². The van der Waals surface area contributed by atoms with E-state index in [2.05, 4.69) is 15.3 Å². The van der Waals surface area contributed by atoms with Gasteiger partial charge in [-0.1, -0.05) is 0 Å². The van der Waals surface area contributed by atoms with E-state index in [-0.39, 0.29) is 24.2 Å². The van der Waals surface area contributed by atoms with Gasteiger partial charge in [0, 0.05) is 26.2 Å². The van der Waals surface area contributed by atoms with Crippen molar-refractivity contribution in [2.75, 3.05) is 30.4 Å². The number of hydrogen-bond donors (Lipinski definition) is 2. The summed E-state index contributed by atoms with van der Waals surface area (Å²) in [5.41, 5.74) is 4.18. The molecule has 2 heterocycles. The van der Waals surface area contributed by atoms with E-state index in [9.17, 15) is 18.0 Å². The molecule has 2 rings (SSSR count). The molecule has 1 unspecified atom stereocenters. The number of nitrogens with zero attached hydrogens (tertiary/aromatic N) is 3. The first-order chi connectivity index (χ1) is 9.31. The lowest BCUT2D eigenvalue weighted by Crippen LogP contribution is -2.28.